The van der Waals surface area contributed by atoms with E-state index in [0.717, 1.165) is 58.4 Å². The molecule has 134 valence electrons. The molecule has 1 heterocycles. The topological polar surface area (TPSA) is 73.0 Å². The molecular formula is C18H32BN3O2. The fraction of sp³-hybridized carbons (Fsp3) is 0.667. The average Bonchev–Trinajstić information content (AvgIpc) is 2.58. The van der Waals surface area contributed by atoms with Crippen molar-refractivity contribution in [1.82, 2.24) is 4.90 Å². The van der Waals surface area contributed by atoms with Gasteiger partial charge in [0.2, 0.25) is 0 Å². The van der Waals surface area contributed by atoms with Crippen molar-refractivity contribution >= 4 is 12.8 Å². The van der Waals surface area contributed by atoms with Crippen LogP contribution in [0.2, 0.25) is 6.32 Å². The molecule has 2 rings (SSSR count). The largest absolute Gasteiger partial charge is 0.451 e. The molecule has 6 heteroatoms. The van der Waals surface area contributed by atoms with Crippen molar-refractivity contribution < 1.29 is 10.0 Å². The Morgan fingerprint density at radius 3 is 2.46 bits per heavy atom. The van der Waals surface area contributed by atoms with Crippen LogP contribution in [0.3, 0.4) is 0 Å². The number of hydrogen-bond acceptors (Lipinski definition) is 5. The van der Waals surface area contributed by atoms with E-state index in [1.54, 1.807) is 0 Å². The highest BCUT2D eigenvalue weighted by molar-refractivity contribution is 6.40. The average molecular weight is 333 g/mol. The van der Waals surface area contributed by atoms with E-state index in [1.807, 2.05) is 0 Å². The van der Waals surface area contributed by atoms with Crippen LogP contribution in [0.15, 0.2) is 24.3 Å². The third kappa shape index (κ3) is 6.44. The fourth-order valence-corrected chi connectivity index (χ4v) is 3.36. The van der Waals surface area contributed by atoms with Gasteiger partial charge in [0.25, 0.3) is 0 Å². The van der Waals surface area contributed by atoms with Crippen molar-refractivity contribution in [3.05, 3.63) is 29.8 Å². The molecule has 0 saturated carbocycles. The van der Waals surface area contributed by atoms with E-state index in [0.29, 0.717) is 6.32 Å². The summed E-state index contributed by atoms with van der Waals surface area (Å²) in [5.41, 5.74) is 8.89. The van der Waals surface area contributed by atoms with Crippen LogP contribution in [0.5, 0.6) is 0 Å². The van der Waals surface area contributed by atoms with Gasteiger partial charge < -0.3 is 20.7 Å². The molecule has 1 saturated heterocycles. The Hall–Kier alpha value is -1.08. The van der Waals surface area contributed by atoms with E-state index in [2.05, 4.69) is 41.0 Å². The smallest absolute Gasteiger partial charge is 0.427 e. The van der Waals surface area contributed by atoms with Gasteiger partial charge in [0.1, 0.15) is 0 Å². The molecule has 0 spiro atoms. The van der Waals surface area contributed by atoms with E-state index < -0.39 is 7.12 Å². The lowest BCUT2D eigenvalue weighted by atomic mass is 9.83. The van der Waals surface area contributed by atoms with Gasteiger partial charge in [-0.1, -0.05) is 31.0 Å². The summed E-state index contributed by atoms with van der Waals surface area (Å²) in [6, 6.07) is 8.82. The summed E-state index contributed by atoms with van der Waals surface area (Å²) in [6.45, 7) is 7.58. The first-order valence-electron chi connectivity index (χ1n) is 9.21. The monoisotopic (exact) mass is 333 g/mol. The minimum atomic E-state index is -1.18. The number of piperazine rings is 1. The van der Waals surface area contributed by atoms with Gasteiger partial charge in [-0.25, -0.2) is 0 Å². The zero-order chi connectivity index (χ0) is 17.4. The molecule has 0 aliphatic carbocycles. The number of aryl methyl sites for hydroxylation is 1. The summed E-state index contributed by atoms with van der Waals surface area (Å²) in [7, 11) is -1.18. The minimum Gasteiger partial charge on any atom is -0.427 e. The third-order valence-corrected chi connectivity index (χ3v) is 4.93. The summed E-state index contributed by atoms with van der Waals surface area (Å²) in [5.74, 6) is 0. The van der Waals surface area contributed by atoms with Crippen LogP contribution >= 0.6 is 0 Å². The molecule has 0 aromatic heterocycles. The fourth-order valence-electron chi connectivity index (χ4n) is 3.36. The van der Waals surface area contributed by atoms with Crippen LogP contribution in [-0.2, 0) is 0 Å². The van der Waals surface area contributed by atoms with E-state index >= 15 is 0 Å². The maximum Gasteiger partial charge on any atom is 0.451 e. The zero-order valence-corrected chi connectivity index (χ0v) is 14.9. The van der Waals surface area contributed by atoms with Crippen LogP contribution in [0, 0.1) is 6.92 Å². The second kappa shape index (κ2) is 10.0. The number of hydrogen-bond donors (Lipinski definition) is 3. The van der Waals surface area contributed by atoms with Crippen LogP contribution < -0.4 is 10.6 Å². The second-order valence-electron chi connectivity index (χ2n) is 6.93. The van der Waals surface area contributed by atoms with Gasteiger partial charge in [0, 0.05) is 37.9 Å². The van der Waals surface area contributed by atoms with Gasteiger partial charge in [-0.2, -0.15) is 0 Å². The van der Waals surface area contributed by atoms with E-state index in [1.165, 1.54) is 11.3 Å². The first-order valence-corrected chi connectivity index (χ1v) is 9.21. The van der Waals surface area contributed by atoms with Gasteiger partial charge in [-0.3, -0.25) is 4.90 Å². The van der Waals surface area contributed by atoms with Gasteiger partial charge in [-0.15, -0.1) is 0 Å². The highest BCUT2D eigenvalue weighted by atomic mass is 16.4. The first-order chi connectivity index (χ1) is 11.6. The summed E-state index contributed by atoms with van der Waals surface area (Å²) in [5, 5.41) is 17.7. The molecule has 1 unspecified atom stereocenters. The van der Waals surface area contributed by atoms with Crippen molar-refractivity contribution in [2.75, 3.05) is 37.6 Å². The Morgan fingerprint density at radius 1 is 1.08 bits per heavy atom. The molecule has 1 atom stereocenters. The molecule has 1 aromatic rings. The zero-order valence-electron chi connectivity index (χ0n) is 14.9. The molecule has 5 nitrogen and oxygen atoms in total. The lowest BCUT2D eigenvalue weighted by molar-refractivity contribution is 0.246. The normalized spacial score (nSPS) is 17.1. The Labute approximate surface area is 146 Å². The number of anilines is 1. The van der Waals surface area contributed by atoms with E-state index in [9.17, 15) is 0 Å². The van der Waals surface area contributed by atoms with Crippen molar-refractivity contribution in [1.29, 1.82) is 0 Å². The van der Waals surface area contributed by atoms with Gasteiger partial charge in [0.15, 0.2) is 0 Å². The van der Waals surface area contributed by atoms with Crippen molar-refractivity contribution in [3.63, 3.8) is 0 Å². The number of benzene rings is 1. The Morgan fingerprint density at radius 2 is 1.79 bits per heavy atom. The van der Waals surface area contributed by atoms with Crippen molar-refractivity contribution in [3.8, 4) is 0 Å². The molecule has 0 bridgehead atoms. The minimum absolute atomic E-state index is 0.218. The van der Waals surface area contributed by atoms with Crippen LogP contribution in [0.25, 0.3) is 0 Å². The lowest BCUT2D eigenvalue weighted by Crippen LogP contribution is -2.47. The summed E-state index contributed by atoms with van der Waals surface area (Å²) in [4.78, 5) is 4.98. The van der Waals surface area contributed by atoms with Gasteiger partial charge in [0.05, 0.1) is 0 Å². The Balaban J connectivity index is 1.62. The SMILES string of the molecule is Cc1ccccc1N1CCN(CCC(N)CCCCB(O)O)CC1. The first kappa shape index (κ1) is 19.3. The quantitative estimate of drug-likeness (QED) is 0.472. The molecule has 0 radical (unpaired) electrons. The summed E-state index contributed by atoms with van der Waals surface area (Å²) < 4.78 is 0. The predicted octanol–water partition coefficient (Wildman–Crippen LogP) is 1.48. The Bertz CT molecular complexity index is 479. The molecule has 1 aliphatic heterocycles. The van der Waals surface area contributed by atoms with Crippen LogP contribution in [0.4, 0.5) is 5.69 Å². The van der Waals surface area contributed by atoms with E-state index in [-0.39, 0.29) is 6.04 Å². The molecule has 0 amide bonds. The second-order valence-corrected chi connectivity index (χ2v) is 6.93. The molecule has 1 aliphatic rings. The lowest BCUT2D eigenvalue weighted by Gasteiger charge is -2.37. The highest BCUT2D eigenvalue weighted by Crippen LogP contribution is 2.20. The maximum atomic E-state index is 8.83. The number of nitrogens with zero attached hydrogens (tertiary/aromatic N) is 2. The van der Waals surface area contributed by atoms with Gasteiger partial charge >= 0.3 is 7.12 Å². The molecular weight excluding hydrogens is 301 g/mol. The summed E-state index contributed by atoms with van der Waals surface area (Å²) in [6.07, 6.45) is 4.25. The highest BCUT2D eigenvalue weighted by Gasteiger charge is 2.18. The molecule has 24 heavy (non-hydrogen) atoms. The van der Waals surface area contributed by atoms with Crippen LogP contribution in [-0.4, -0.2) is 60.8 Å². The molecule has 1 fully saturated rings. The number of para-hydroxylation sites is 1. The van der Waals surface area contributed by atoms with Gasteiger partial charge in [-0.05, 0) is 44.3 Å². The number of unbranched alkanes of at least 4 members (excludes halogenated alkanes) is 1. The summed E-state index contributed by atoms with van der Waals surface area (Å²) >= 11 is 0. The van der Waals surface area contributed by atoms with Crippen molar-refractivity contribution in [2.24, 2.45) is 5.73 Å². The third-order valence-electron chi connectivity index (χ3n) is 4.93. The molecule has 4 N–H and O–H groups in total. The van der Waals surface area contributed by atoms with Crippen LogP contribution in [0.1, 0.15) is 31.2 Å². The standard InChI is InChI=1S/C18H32BN3O2/c1-16-6-2-3-8-18(16)22-14-12-21(13-15-22)11-9-17(20)7-4-5-10-19(23)24/h2-3,6,8,17,23-24H,4-5,7,9-15,20H2,1H3. The van der Waals surface area contributed by atoms with Crippen molar-refractivity contribution in [2.45, 2.75) is 45.0 Å². The molecule has 1 aromatic carbocycles. The van der Waals surface area contributed by atoms with E-state index in [4.69, 9.17) is 15.8 Å². The number of rotatable bonds is 9. The number of nitrogens with two attached hydrogens (primary N) is 1. The Kier molecular flexibility index (Phi) is 8.05. The maximum absolute atomic E-state index is 8.83. The predicted molar refractivity (Wildman–Crippen MR) is 101 cm³/mol.